The molecule has 1 heterocycles. The van der Waals surface area contributed by atoms with E-state index in [2.05, 4.69) is 31.2 Å². The lowest BCUT2D eigenvalue weighted by atomic mass is 10.2. The third-order valence-electron chi connectivity index (χ3n) is 2.85. The van der Waals surface area contributed by atoms with Gasteiger partial charge in [0.2, 0.25) is 5.91 Å². The molecule has 0 atom stereocenters. The molecule has 0 aliphatic heterocycles. The van der Waals surface area contributed by atoms with Crippen LogP contribution < -0.4 is 10.1 Å². The van der Waals surface area contributed by atoms with Gasteiger partial charge >= 0.3 is 0 Å². The molecule has 0 aliphatic rings. The molecule has 0 saturated heterocycles. The number of imidazole rings is 1. The van der Waals surface area contributed by atoms with Crippen molar-refractivity contribution in [1.29, 1.82) is 0 Å². The summed E-state index contributed by atoms with van der Waals surface area (Å²) in [7, 11) is 1.60. The number of aromatic nitrogens is 2. The fourth-order valence-corrected chi connectivity index (χ4v) is 2.18. The minimum absolute atomic E-state index is 0.142. The number of nitrogens with one attached hydrogen (secondary N) is 2. The molecule has 1 aromatic heterocycles. The minimum atomic E-state index is -0.142. The van der Waals surface area contributed by atoms with Crippen LogP contribution in [0.4, 0.5) is 0 Å². The molecular formula is C15H16BrN3O2. The lowest BCUT2D eigenvalue weighted by Gasteiger charge is -2.05. The number of H-pyrrole nitrogens is 1. The average Bonchev–Trinajstić information content (AvgIpc) is 2.98. The molecule has 6 heteroatoms. The summed E-state index contributed by atoms with van der Waals surface area (Å²) in [6, 6.07) is 5.63. The zero-order valence-corrected chi connectivity index (χ0v) is 13.2. The van der Waals surface area contributed by atoms with Crippen LogP contribution in [-0.2, 0) is 11.2 Å². The van der Waals surface area contributed by atoms with E-state index in [1.807, 2.05) is 18.2 Å². The number of hydrogen-bond donors (Lipinski definition) is 2. The number of halogens is 1. The largest absolute Gasteiger partial charge is 0.496 e. The molecule has 1 aromatic carbocycles. The minimum Gasteiger partial charge on any atom is -0.496 e. The Balaban J connectivity index is 1.88. The molecular weight excluding hydrogens is 334 g/mol. The highest BCUT2D eigenvalue weighted by Gasteiger charge is 2.02. The van der Waals surface area contributed by atoms with Crippen molar-refractivity contribution in [1.82, 2.24) is 15.3 Å². The Hall–Kier alpha value is -2.08. The number of benzene rings is 1. The molecule has 21 heavy (non-hydrogen) atoms. The van der Waals surface area contributed by atoms with Crippen molar-refractivity contribution in [3.8, 4) is 5.75 Å². The number of nitrogens with zero attached hydrogens (tertiary/aromatic N) is 1. The standard InChI is InChI=1S/C15H16BrN3O2/c1-21-14-4-3-12(16)8-11(14)2-5-15(20)18-7-6-13-9-17-10-19-13/h2-5,8-10H,6-7H2,1H3,(H,17,19)(H,18,20). The third-order valence-corrected chi connectivity index (χ3v) is 3.35. The first-order valence-electron chi connectivity index (χ1n) is 6.46. The van der Waals surface area contributed by atoms with Gasteiger partial charge in [0.1, 0.15) is 5.75 Å². The molecule has 0 aliphatic carbocycles. The monoisotopic (exact) mass is 349 g/mol. The molecule has 2 aromatic rings. The van der Waals surface area contributed by atoms with E-state index in [4.69, 9.17) is 4.74 Å². The fraction of sp³-hybridized carbons (Fsp3) is 0.200. The highest BCUT2D eigenvalue weighted by Crippen LogP contribution is 2.23. The maximum absolute atomic E-state index is 11.8. The van der Waals surface area contributed by atoms with Gasteiger partial charge in [-0.25, -0.2) is 4.98 Å². The first-order chi connectivity index (χ1) is 10.2. The van der Waals surface area contributed by atoms with E-state index in [1.54, 1.807) is 25.7 Å². The molecule has 2 rings (SSSR count). The predicted octanol–water partition coefficient (Wildman–Crippen LogP) is 2.55. The topological polar surface area (TPSA) is 67.0 Å². The van der Waals surface area contributed by atoms with Crippen LogP contribution in [-0.4, -0.2) is 29.5 Å². The first kappa shape index (κ1) is 15.3. The lowest BCUT2D eigenvalue weighted by molar-refractivity contribution is -0.116. The zero-order chi connectivity index (χ0) is 15.1. The van der Waals surface area contributed by atoms with Crippen molar-refractivity contribution in [2.24, 2.45) is 0 Å². The first-order valence-corrected chi connectivity index (χ1v) is 7.25. The van der Waals surface area contributed by atoms with Crippen LogP contribution >= 0.6 is 15.9 Å². The summed E-state index contributed by atoms with van der Waals surface area (Å²) >= 11 is 3.40. The van der Waals surface area contributed by atoms with E-state index in [0.717, 1.165) is 27.9 Å². The van der Waals surface area contributed by atoms with Gasteiger partial charge in [0.25, 0.3) is 0 Å². The number of carbonyl (C=O) groups excluding carboxylic acids is 1. The number of aromatic amines is 1. The van der Waals surface area contributed by atoms with Crippen molar-refractivity contribution in [2.45, 2.75) is 6.42 Å². The van der Waals surface area contributed by atoms with Crippen molar-refractivity contribution >= 4 is 27.9 Å². The Bertz CT molecular complexity index is 624. The highest BCUT2D eigenvalue weighted by atomic mass is 79.9. The summed E-state index contributed by atoms with van der Waals surface area (Å²) in [6.07, 6.45) is 7.32. The Kier molecular flexibility index (Phi) is 5.57. The van der Waals surface area contributed by atoms with E-state index >= 15 is 0 Å². The average molecular weight is 350 g/mol. The summed E-state index contributed by atoms with van der Waals surface area (Å²) in [5.41, 5.74) is 1.84. The van der Waals surface area contributed by atoms with E-state index in [-0.39, 0.29) is 5.91 Å². The highest BCUT2D eigenvalue weighted by molar-refractivity contribution is 9.10. The molecule has 0 spiro atoms. The third kappa shape index (κ3) is 4.75. The normalized spacial score (nSPS) is 10.8. The summed E-state index contributed by atoms with van der Waals surface area (Å²) in [4.78, 5) is 18.7. The van der Waals surface area contributed by atoms with Gasteiger partial charge in [0.15, 0.2) is 0 Å². The Morgan fingerprint density at radius 1 is 1.52 bits per heavy atom. The SMILES string of the molecule is COc1ccc(Br)cc1C=CC(=O)NCCc1cnc[nH]1. The van der Waals surface area contributed by atoms with Crippen LogP contribution in [0.3, 0.4) is 0 Å². The fourth-order valence-electron chi connectivity index (χ4n) is 1.80. The van der Waals surface area contributed by atoms with Gasteiger partial charge in [0, 0.05) is 41.0 Å². The maximum atomic E-state index is 11.8. The van der Waals surface area contributed by atoms with Gasteiger partial charge in [-0.2, -0.15) is 0 Å². The summed E-state index contributed by atoms with van der Waals surface area (Å²) in [5.74, 6) is 0.580. The number of amides is 1. The van der Waals surface area contributed by atoms with Crippen LogP contribution in [0.15, 0.2) is 41.3 Å². The van der Waals surface area contributed by atoms with Crippen LogP contribution in [0.25, 0.3) is 6.08 Å². The smallest absolute Gasteiger partial charge is 0.244 e. The molecule has 0 unspecified atom stereocenters. The molecule has 2 N–H and O–H groups in total. The number of carbonyl (C=O) groups is 1. The zero-order valence-electron chi connectivity index (χ0n) is 11.6. The summed E-state index contributed by atoms with van der Waals surface area (Å²) in [6.45, 7) is 0.557. The van der Waals surface area contributed by atoms with Crippen LogP contribution in [0.2, 0.25) is 0 Å². The Morgan fingerprint density at radius 3 is 3.10 bits per heavy atom. The maximum Gasteiger partial charge on any atom is 0.244 e. The van der Waals surface area contributed by atoms with Gasteiger partial charge < -0.3 is 15.0 Å². The van der Waals surface area contributed by atoms with Crippen LogP contribution in [0, 0.1) is 0 Å². The molecule has 5 nitrogen and oxygen atoms in total. The molecule has 0 fully saturated rings. The molecule has 1 amide bonds. The van der Waals surface area contributed by atoms with Crippen LogP contribution in [0.1, 0.15) is 11.3 Å². The van der Waals surface area contributed by atoms with Gasteiger partial charge in [0.05, 0.1) is 13.4 Å². The number of methoxy groups -OCH3 is 1. The molecule has 0 radical (unpaired) electrons. The van der Waals surface area contributed by atoms with E-state index in [9.17, 15) is 4.79 Å². The summed E-state index contributed by atoms with van der Waals surface area (Å²) in [5, 5.41) is 2.82. The molecule has 110 valence electrons. The van der Waals surface area contributed by atoms with Crippen molar-refractivity contribution in [3.63, 3.8) is 0 Å². The quantitative estimate of drug-likeness (QED) is 0.787. The van der Waals surface area contributed by atoms with Crippen molar-refractivity contribution in [2.75, 3.05) is 13.7 Å². The van der Waals surface area contributed by atoms with Crippen molar-refractivity contribution < 1.29 is 9.53 Å². The predicted molar refractivity (Wildman–Crippen MR) is 85.0 cm³/mol. The van der Waals surface area contributed by atoms with E-state index in [0.29, 0.717) is 6.54 Å². The van der Waals surface area contributed by atoms with Gasteiger partial charge in [-0.05, 0) is 24.3 Å². The second-order valence-corrected chi connectivity index (χ2v) is 5.25. The number of ether oxygens (including phenoxy) is 1. The van der Waals surface area contributed by atoms with E-state index < -0.39 is 0 Å². The number of rotatable bonds is 6. The lowest BCUT2D eigenvalue weighted by Crippen LogP contribution is -2.23. The van der Waals surface area contributed by atoms with Gasteiger partial charge in [-0.3, -0.25) is 4.79 Å². The summed E-state index contributed by atoms with van der Waals surface area (Å²) < 4.78 is 6.18. The molecule has 0 bridgehead atoms. The van der Waals surface area contributed by atoms with Gasteiger partial charge in [-0.1, -0.05) is 15.9 Å². The van der Waals surface area contributed by atoms with Crippen molar-refractivity contribution in [3.05, 3.63) is 52.5 Å². The second-order valence-electron chi connectivity index (χ2n) is 4.34. The number of hydrogen-bond acceptors (Lipinski definition) is 3. The second kappa shape index (κ2) is 7.64. The van der Waals surface area contributed by atoms with Crippen LogP contribution in [0.5, 0.6) is 5.75 Å². The van der Waals surface area contributed by atoms with Gasteiger partial charge in [-0.15, -0.1) is 0 Å². The Labute approximate surface area is 131 Å². The Morgan fingerprint density at radius 2 is 2.38 bits per heavy atom. The van der Waals surface area contributed by atoms with E-state index in [1.165, 1.54) is 6.08 Å². The molecule has 0 saturated carbocycles.